The number of hydrogen-bond acceptors (Lipinski definition) is 5. The summed E-state index contributed by atoms with van der Waals surface area (Å²) in [6.07, 6.45) is -3.18. The third-order valence-electron chi connectivity index (χ3n) is 4.34. The first-order valence-corrected chi connectivity index (χ1v) is 8.59. The summed E-state index contributed by atoms with van der Waals surface area (Å²) >= 11 is 0. The molecule has 0 saturated heterocycles. The Labute approximate surface area is 162 Å². The van der Waals surface area contributed by atoms with Crippen LogP contribution in [0.25, 0.3) is 22.3 Å². The number of rotatable bonds is 4. The predicted octanol–water partition coefficient (Wildman–Crippen LogP) is 4.98. The van der Waals surface area contributed by atoms with Gasteiger partial charge in [0.2, 0.25) is 0 Å². The molecule has 0 saturated carbocycles. The summed E-state index contributed by atoms with van der Waals surface area (Å²) in [5, 5.41) is 10.1. The molecule has 2 N–H and O–H groups in total. The largest absolute Gasteiger partial charge is 0.417 e. The van der Waals surface area contributed by atoms with E-state index in [1.807, 2.05) is 0 Å². The summed E-state index contributed by atoms with van der Waals surface area (Å²) in [6, 6.07) is 12.0. The van der Waals surface area contributed by atoms with Gasteiger partial charge in [-0.25, -0.2) is 9.97 Å². The molecule has 4 aromatic rings. The molecule has 0 aliphatic rings. The highest BCUT2D eigenvalue weighted by Gasteiger charge is 2.34. The van der Waals surface area contributed by atoms with Crippen molar-refractivity contribution in [3.8, 4) is 11.4 Å². The summed E-state index contributed by atoms with van der Waals surface area (Å²) in [6.45, 7) is 1.39. The molecule has 0 fully saturated rings. The van der Waals surface area contributed by atoms with Crippen LogP contribution in [-0.2, 0) is 6.18 Å². The van der Waals surface area contributed by atoms with Gasteiger partial charge < -0.3 is 5.32 Å². The lowest BCUT2D eigenvalue weighted by atomic mass is 10.1. The molecular formula is C20H14F3N5O. The van der Waals surface area contributed by atoms with E-state index in [1.165, 1.54) is 31.3 Å². The van der Waals surface area contributed by atoms with E-state index in [9.17, 15) is 18.0 Å². The second-order valence-corrected chi connectivity index (χ2v) is 6.30. The highest BCUT2D eigenvalue weighted by Crippen LogP contribution is 2.37. The van der Waals surface area contributed by atoms with Crippen LogP contribution < -0.4 is 5.32 Å². The smallest absolute Gasteiger partial charge is 0.324 e. The van der Waals surface area contributed by atoms with E-state index in [-0.39, 0.29) is 23.0 Å². The number of ketones is 1. The topological polar surface area (TPSA) is 83.6 Å². The molecular weight excluding hydrogens is 383 g/mol. The Morgan fingerprint density at radius 2 is 1.76 bits per heavy atom. The van der Waals surface area contributed by atoms with Crippen molar-refractivity contribution in [3.05, 3.63) is 65.9 Å². The summed E-state index contributed by atoms with van der Waals surface area (Å²) in [5.74, 6) is 0.260. The molecule has 9 heteroatoms. The molecule has 146 valence electrons. The van der Waals surface area contributed by atoms with Crippen molar-refractivity contribution in [2.24, 2.45) is 0 Å². The van der Waals surface area contributed by atoms with Crippen molar-refractivity contribution in [1.29, 1.82) is 0 Å². The van der Waals surface area contributed by atoms with Crippen LogP contribution in [0.1, 0.15) is 22.8 Å². The number of carbonyl (C=O) groups is 1. The van der Waals surface area contributed by atoms with Gasteiger partial charge in [0.05, 0.1) is 22.8 Å². The number of nitrogens with one attached hydrogen (secondary N) is 2. The Hall–Kier alpha value is -3.75. The number of para-hydroxylation sites is 1. The van der Waals surface area contributed by atoms with Gasteiger partial charge in [0.15, 0.2) is 11.6 Å². The maximum Gasteiger partial charge on any atom is 0.417 e. The first-order chi connectivity index (χ1) is 13.8. The molecule has 0 radical (unpaired) electrons. The normalized spacial score (nSPS) is 11.6. The van der Waals surface area contributed by atoms with Crippen molar-refractivity contribution in [3.63, 3.8) is 0 Å². The fourth-order valence-corrected chi connectivity index (χ4v) is 2.98. The zero-order valence-electron chi connectivity index (χ0n) is 15.1. The minimum atomic E-state index is -4.55. The minimum Gasteiger partial charge on any atom is -0.324 e. The maximum absolute atomic E-state index is 13.5. The molecule has 2 aromatic heterocycles. The van der Waals surface area contributed by atoms with Gasteiger partial charge in [0.1, 0.15) is 11.6 Å². The molecule has 29 heavy (non-hydrogen) atoms. The van der Waals surface area contributed by atoms with E-state index in [0.29, 0.717) is 22.3 Å². The first kappa shape index (κ1) is 18.6. The summed E-state index contributed by atoms with van der Waals surface area (Å²) in [7, 11) is 0. The molecule has 0 amide bonds. The van der Waals surface area contributed by atoms with Crippen molar-refractivity contribution < 1.29 is 18.0 Å². The van der Waals surface area contributed by atoms with Crippen LogP contribution in [0.3, 0.4) is 0 Å². The number of anilines is 2. The number of nitrogens with zero attached hydrogens (tertiary/aromatic N) is 3. The van der Waals surface area contributed by atoms with Crippen LogP contribution in [0.15, 0.2) is 54.7 Å². The standard InChI is InChI=1S/C20H14F3N5O/c1-11(29)14-10-24-28-19(14)27-18-13-7-3-5-9-16(13)25-17(26-18)12-6-2-4-8-15(12)20(21,22)23/h2-10H,1H3,(H2,24,25,26,27,28). The van der Waals surface area contributed by atoms with E-state index in [1.54, 1.807) is 24.3 Å². The molecule has 0 spiro atoms. The predicted molar refractivity (Wildman–Crippen MR) is 102 cm³/mol. The molecule has 0 bridgehead atoms. The lowest BCUT2D eigenvalue weighted by Crippen LogP contribution is -2.09. The summed E-state index contributed by atoms with van der Waals surface area (Å²) in [5.41, 5.74) is -0.191. The molecule has 2 aromatic carbocycles. The van der Waals surface area contributed by atoms with E-state index < -0.39 is 11.7 Å². The number of benzene rings is 2. The molecule has 0 aliphatic carbocycles. The van der Waals surface area contributed by atoms with Crippen molar-refractivity contribution in [2.45, 2.75) is 13.1 Å². The summed E-state index contributed by atoms with van der Waals surface area (Å²) in [4.78, 5) is 20.4. The number of fused-ring (bicyclic) bond motifs is 1. The fraction of sp³-hybridized carbons (Fsp3) is 0.100. The number of aromatic nitrogens is 4. The number of halogens is 3. The van der Waals surface area contributed by atoms with Crippen LogP contribution in [0.4, 0.5) is 24.8 Å². The zero-order chi connectivity index (χ0) is 20.6. The number of aromatic amines is 1. The number of H-pyrrole nitrogens is 1. The maximum atomic E-state index is 13.5. The Morgan fingerprint density at radius 3 is 2.52 bits per heavy atom. The van der Waals surface area contributed by atoms with Gasteiger partial charge in [-0.1, -0.05) is 30.3 Å². The number of carbonyl (C=O) groups excluding carboxylic acids is 1. The van der Waals surface area contributed by atoms with E-state index in [0.717, 1.165) is 6.07 Å². The Balaban J connectivity index is 1.91. The van der Waals surface area contributed by atoms with Gasteiger partial charge in [-0.3, -0.25) is 9.89 Å². The van der Waals surface area contributed by atoms with Gasteiger partial charge in [-0.05, 0) is 25.1 Å². The molecule has 0 aliphatic heterocycles. The highest BCUT2D eigenvalue weighted by atomic mass is 19.4. The van der Waals surface area contributed by atoms with Crippen LogP contribution in [0.5, 0.6) is 0 Å². The third kappa shape index (κ3) is 3.54. The highest BCUT2D eigenvalue weighted by molar-refractivity contribution is 6.00. The van der Waals surface area contributed by atoms with Crippen LogP contribution in [0, 0.1) is 0 Å². The van der Waals surface area contributed by atoms with Crippen LogP contribution in [-0.4, -0.2) is 25.9 Å². The van der Waals surface area contributed by atoms with Gasteiger partial charge in [0, 0.05) is 10.9 Å². The van der Waals surface area contributed by atoms with Crippen molar-refractivity contribution in [1.82, 2.24) is 20.2 Å². The minimum absolute atomic E-state index is 0.0805. The molecule has 0 atom stereocenters. The van der Waals surface area contributed by atoms with Gasteiger partial charge >= 0.3 is 6.18 Å². The van der Waals surface area contributed by atoms with Crippen molar-refractivity contribution >= 4 is 28.3 Å². The SMILES string of the molecule is CC(=O)c1cn[nH]c1Nc1nc(-c2ccccc2C(F)(F)F)nc2ccccc12. The lowest BCUT2D eigenvalue weighted by molar-refractivity contribution is -0.137. The molecule has 0 unspecified atom stereocenters. The third-order valence-corrected chi connectivity index (χ3v) is 4.34. The lowest BCUT2D eigenvalue weighted by Gasteiger charge is -2.14. The Kier molecular flexibility index (Phi) is 4.50. The van der Waals surface area contributed by atoms with E-state index >= 15 is 0 Å². The fourth-order valence-electron chi connectivity index (χ4n) is 2.98. The zero-order valence-corrected chi connectivity index (χ0v) is 15.1. The van der Waals surface area contributed by atoms with Gasteiger partial charge in [-0.15, -0.1) is 0 Å². The molecule has 6 nitrogen and oxygen atoms in total. The molecule has 2 heterocycles. The quantitative estimate of drug-likeness (QED) is 0.474. The Morgan fingerprint density at radius 1 is 1.03 bits per heavy atom. The first-order valence-electron chi connectivity index (χ1n) is 8.59. The monoisotopic (exact) mass is 397 g/mol. The average Bonchev–Trinajstić information content (AvgIpc) is 3.16. The average molecular weight is 397 g/mol. The number of alkyl halides is 3. The second kappa shape index (κ2) is 7.01. The number of Topliss-reactive ketones (excluding diaryl/α,β-unsaturated/α-hetero) is 1. The summed E-state index contributed by atoms with van der Waals surface area (Å²) < 4.78 is 40.4. The van der Waals surface area contributed by atoms with Gasteiger partial charge in [-0.2, -0.15) is 18.3 Å². The van der Waals surface area contributed by atoms with E-state index in [2.05, 4.69) is 25.5 Å². The number of hydrogen-bond donors (Lipinski definition) is 2. The van der Waals surface area contributed by atoms with E-state index in [4.69, 9.17) is 0 Å². The molecule has 4 rings (SSSR count). The van der Waals surface area contributed by atoms with Crippen molar-refractivity contribution in [2.75, 3.05) is 5.32 Å². The van der Waals surface area contributed by atoms with Crippen LogP contribution >= 0.6 is 0 Å². The second-order valence-electron chi connectivity index (χ2n) is 6.30. The Bertz CT molecular complexity index is 1220. The van der Waals surface area contributed by atoms with Gasteiger partial charge in [0.25, 0.3) is 0 Å². The van der Waals surface area contributed by atoms with Crippen LogP contribution in [0.2, 0.25) is 0 Å².